The third-order valence-corrected chi connectivity index (χ3v) is 5.87. The minimum atomic E-state index is -2.62. The van der Waals surface area contributed by atoms with Crippen LogP contribution in [0, 0.1) is 5.82 Å². The lowest BCUT2D eigenvalue weighted by Crippen LogP contribution is -2.36. The smallest absolute Gasteiger partial charge is 0.302 e. The maximum absolute atomic E-state index is 13.5. The number of carbonyl (C=O) groups is 1. The predicted octanol–water partition coefficient (Wildman–Crippen LogP) is 4.90. The highest BCUT2D eigenvalue weighted by atomic mass is 19.3. The summed E-state index contributed by atoms with van der Waals surface area (Å²) in [6.45, 7) is 0.630. The second kappa shape index (κ2) is 9.22. The van der Waals surface area contributed by atoms with Crippen LogP contribution in [0.25, 0.3) is 0 Å². The first-order valence-electron chi connectivity index (χ1n) is 10.5. The van der Waals surface area contributed by atoms with Crippen molar-refractivity contribution in [1.29, 1.82) is 0 Å². The van der Waals surface area contributed by atoms with Gasteiger partial charge in [-0.3, -0.25) is 9.79 Å². The zero-order valence-electron chi connectivity index (χ0n) is 17.8. The lowest BCUT2D eigenvalue weighted by molar-refractivity contribution is -0.148. The molecule has 1 aliphatic heterocycles. The van der Waals surface area contributed by atoms with E-state index in [-0.39, 0.29) is 35.6 Å². The van der Waals surface area contributed by atoms with Gasteiger partial charge in [-0.25, -0.2) is 13.2 Å². The minimum absolute atomic E-state index is 0.0768. The van der Waals surface area contributed by atoms with Gasteiger partial charge < -0.3 is 14.2 Å². The van der Waals surface area contributed by atoms with Gasteiger partial charge in [0.05, 0.1) is 18.9 Å². The number of hydrogen-bond acceptors (Lipinski definition) is 5. The predicted molar refractivity (Wildman–Crippen MR) is 112 cm³/mol. The highest BCUT2D eigenvalue weighted by Gasteiger charge is 2.38. The highest BCUT2D eigenvalue weighted by molar-refractivity contribution is 6.15. The molecule has 3 atom stereocenters. The molecule has 5 nitrogen and oxygen atoms in total. The topological polar surface area (TPSA) is 57.1 Å². The van der Waals surface area contributed by atoms with Crippen molar-refractivity contribution in [2.45, 2.75) is 50.7 Å². The Bertz CT molecular complexity index is 1020. The highest BCUT2D eigenvalue weighted by Crippen LogP contribution is 2.45. The molecule has 1 saturated carbocycles. The van der Waals surface area contributed by atoms with Gasteiger partial charge in [-0.15, -0.1) is 0 Å². The molecule has 0 spiro atoms. The van der Waals surface area contributed by atoms with Crippen molar-refractivity contribution in [3.05, 3.63) is 58.9 Å². The van der Waals surface area contributed by atoms with Crippen LogP contribution in [-0.4, -0.2) is 44.0 Å². The third kappa shape index (κ3) is 4.59. The van der Waals surface area contributed by atoms with Gasteiger partial charge >= 0.3 is 5.97 Å². The molecule has 0 amide bonds. The van der Waals surface area contributed by atoms with Gasteiger partial charge in [0.2, 0.25) is 0 Å². The fourth-order valence-corrected chi connectivity index (χ4v) is 4.53. The fraction of sp³-hybridized carbons (Fsp3) is 0.417. The lowest BCUT2D eigenvalue weighted by atomic mass is 9.74. The van der Waals surface area contributed by atoms with Crippen molar-refractivity contribution in [2.75, 3.05) is 13.7 Å². The molecule has 0 saturated heterocycles. The molecular formula is C24H24F3NO4. The average Bonchev–Trinajstić information content (AvgIpc) is 2.76. The van der Waals surface area contributed by atoms with E-state index in [4.69, 9.17) is 19.2 Å². The van der Waals surface area contributed by atoms with Crippen LogP contribution in [0.3, 0.4) is 0 Å². The van der Waals surface area contributed by atoms with Gasteiger partial charge in [0.1, 0.15) is 18.5 Å². The number of benzene rings is 2. The molecule has 0 bridgehead atoms. The zero-order chi connectivity index (χ0) is 22.8. The maximum Gasteiger partial charge on any atom is 0.302 e. The summed E-state index contributed by atoms with van der Waals surface area (Å²) in [4.78, 5) is 16.5. The van der Waals surface area contributed by atoms with Crippen molar-refractivity contribution in [3.8, 4) is 11.5 Å². The van der Waals surface area contributed by atoms with Crippen molar-refractivity contribution in [3.63, 3.8) is 0 Å². The molecule has 2 aliphatic rings. The van der Waals surface area contributed by atoms with Crippen molar-refractivity contribution in [2.24, 2.45) is 4.99 Å². The Kier molecular flexibility index (Phi) is 6.39. The summed E-state index contributed by atoms with van der Waals surface area (Å²) in [5.74, 6) is -0.230. The Morgan fingerprint density at radius 3 is 2.56 bits per heavy atom. The van der Waals surface area contributed by atoms with Crippen LogP contribution in [-0.2, 0) is 9.53 Å². The van der Waals surface area contributed by atoms with Gasteiger partial charge in [0.25, 0.3) is 6.43 Å². The number of nitrogens with zero attached hydrogens (tertiary/aromatic N) is 1. The Labute approximate surface area is 184 Å². The minimum Gasteiger partial charge on any atom is -0.493 e. The summed E-state index contributed by atoms with van der Waals surface area (Å²) in [5.41, 5.74) is 3.07. The Morgan fingerprint density at radius 2 is 1.91 bits per heavy atom. The molecule has 1 fully saturated rings. The largest absolute Gasteiger partial charge is 0.493 e. The molecule has 0 aromatic heterocycles. The Morgan fingerprint density at radius 1 is 1.16 bits per heavy atom. The van der Waals surface area contributed by atoms with Crippen LogP contribution >= 0.6 is 0 Å². The van der Waals surface area contributed by atoms with Crippen LogP contribution in [0.4, 0.5) is 13.2 Å². The molecule has 0 radical (unpaired) electrons. The van der Waals surface area contributed by atoms with Crippen molar-refractivity contribution >= 4 is 11.7 Å². The first-order chi connectivity index (χ1) is 15.4. The summed E-state index contributed by atoms with van der Waals surface area (Å²) >= 11 is 0. The van der Waals surface area contributed by atoms with Crippen LogP contribution in [0.5, 0.6) is 11.5 Å². The third-order valence-electron chi connectivity index (χ3n) is 5.87. The number of methoxy groups -OCH3 is 1. The van der Waals surface area contributed by atoms with E-state index in [0.717, 1.165) is 16.7 Å². The monoisotopic (exact) mass is 447 g/mol. The number of ether oxygens (including phenoxy) is 3. The van der Waals surface area contributed by atoms with E-state index in [1.807, 2.05) is 0 Å². The number of carbonyl (C=O) groups excluding carboxylic acids is 1. The van der Waals surface area contributed by atoms with Gasteiger partial charge in [-0.05, 0) is 61.2 Å². The van der Waals surface area contributed by atoms with Gasteiger partial charge in [-0.1, -0.05) is 0 Å². The zero-order valence-corrected chi connectivity index (χ0v) is 17.8. The molecule has 0 N–H and O–H groups in total. The number of esters is 1. The summed E-state index contributed by atoms with van der Waals surface area (Å²) in [6, 6.07) is 9.45. The van der Waals surface area contributed by atoms with E-state index in [1.165, 1.54) is 26.2 Å². The van der Waals surface area contributed by atoms with Gasteiger partial charge in [0.15, 0.2) is 11.5 Å². The second-order valence-electron chi connectivity index (χ2n) is 8.00. The molecule has 2 aromatic rings. The molecule has 1 aliphatic carbocycles. The van der Waals surface area contributed by atoms with E-state index in [2.05, 4.69) is 0 Å². The first kappa shape index (κ1) is 22.2. The molecule has 2 aromatic carbocycles. The molecular weight excluding hydrogens is 423 g/mol. The lowest BCUT2D eigenvalue weighted by Gasteiger charge is -2.38. The summed E-state index contributed by atoms with van der Waals surface area (Å²) < 4.78 is 55.3. The first-order valence-corrected chi connectivity index (χ1v) is 10.5. The molecule has 8 heteroatoms. The number of rotatable bonds is 6. The SMILES string of the molecule is COc1cc2c(cc1OCC(F)F)C1CC(OC(C)=O)CCC1N=C2c1ccc(F)cc1. The van der Waals surface area contributed by atoms with Gasteiger partial charge in [-0.2, -0.15) is 0 Å². The number of halogens is 3. The fourth-order valence-electron chi connectivity index (χ4n) is 4.53. The molecule has 4 rings (SSSR count). The Hall–Kier alpha value is -3.03. The number of hydrogen-bond donors (Lipinski definition) is 0. The quantitative estimate of drug-likeness (QED) is 0.592. The molecule has 1 heterocycles. The van der Waals surface area contributed by atoms with E-state index < -0.39 is 13.0 Å². The normalized spacial score (nSPS) is 21.9. The summed E-state index contributed by atoms with van der Waals surface area (Å²) in [5, 5.41) is 0. The van der Waals surface area contributed by atoms with Crippen LogP contribution in [0.2, 0.25) is 0 Å². The standard InChI is InChI=1S/C24H24F3NO4/c1-13(29)32-16-7-8-20-18(9-16)17-10-22(31-12-23(26)27)21(30-2)11-19(17)24(28-20)14-3-5-15(25)6-4-14/h3-6,10-11,16,18,20,23H,7-9,12H2,1-2H3. The van der Waals surface area contributed by atoms with E-state index >= 15 is 0 Å². The van der Waals surface area contributed by atoms with Crippen molar-refractivity contribution < 1.29 is 32.2 Å². The van der Waals surface area contributed by atoms with Crippen LogP contribution in [0.15, 0.2) is 41.4 Å². The Balaban J connectivity index is 1.79. The number of aliphatic imine (C=N–C) groups is 1. The van der Waals surface area contributed by atoms with Crippen molar-refractivity contribution in [1.82, 2.24) is 0 Å². The number of alkyl halides is 2. The molecule has 32 heavy (non-hydrogen) atoms. The van der Waals surface area contributed by atoms with E-state index in [1.54, 1.807) is 24.3 Å². The van der Waals surface area contributed by atoms with Crippen LogP contribution in [0.1, 0.15) is 48.8 Å². The van der Waals surface area contributed by atoms with Crippen LogP contribution < -0.4 is 9.47 Å². The summed E-state index contributed by atoms with van der Waals surface area (Å²) in [6.07, 6.45) is -0.912. The molecule has 3 unspecified atom stereocenters. The van der Waals surface area contributed by atoms with E-state index in [0.29, 0.717) is 30.7 Å². The average molecular weight is 447 g/mol. The molecule has 170 valence electrons. The number of fused-ring (bicyclic) bond motifs is 3. The summed E-state index contributed by atoms with van der Waals surface area (Å²) in [7, 11) is 1.44. The van der Waals surface area contributed by atoms with Gasteiger partial charge in [0, 0.05) is 24.0 Å². The second-order valence-corrected chi connectivity index (χ2v) is 8.00. The maximum atomic E-state index is 13.5. The van der Waals surface area contributed by atoms with E-state index in [9.17, 15) is 18.0 Å².